The Balaban J connectivity index is 2.08. The van der Waals surface area contributed by atoms with Crippen LogP contribution in [0, 0.1) is 16.0 Å². The predicted molar refractivity (Wildman–Crippen MR) is 62.6 cm³/mol. The summed E-state index contributed by atoms with van der Waals surface area (Å²) in [6, 6.07) is 9.60. The van der Waals surface area contributed by atoms with Gasteiger partial charge in [-0.05, 0) is 30.4 Å². The van der Waals surface area contributed by atoms with E-state index in [1.165, 1.54) is 6.42 Å². The molecule has 0 saturated heterocycles. The zero-order valence-electron chi connectivity index (χ0n) is 9.13. The lowest BCUT2D eigenvalue weighted by atomic mass is 9.84. The number of hydrogen-bond donors (Lipinski definition) is 0. The Morgan fingerprint density at radius 1 is 1.38 bits per heavy atom. The highest BCUT2D eigenvalue weighted by Crippen LogP contribution is 2.29. The first-order chi connectivity index (χ1) is 7.75. The summed E-state index contributed by atoms with van der Waals surface area (Å²) in [5.74, 6) is 0.434. The number of rotatable bonds is 4. The molecule has 0 unspecified atom stereocenters. The maximum absolute atomic E-state index is 10.9. The molecule has 3 heteroatoms. The normalized spacial score (nSPS) is 16.9. The lowest BCUT2D eigenvalue weighted by Crippen LogP contribution is -2.12. The van der Waals surface area contributed by atoms with Gasteiger partial charge in [-0.1, -0.05) is 36.8 Å². The van der Waals surface area contributed by atoms with Gasteiger partial charge in [-0.3, -0.25) is 10.1 Å². The summed E-state index contributed by atoms with van der Waals surface area (Å²) in [7, 11) is 0. The number of allylic oxidation sites excluding steroid dienone is 2. The summed E-state index contributed by atoms with van der Waals surface area (Å²) < 4.78 is 0. The van der Waals surface area contributed by atoms with Crippen molar-refractivity contribution in [1.82, 2.24) is 0 Å². The third-order valence-corrected chi connectivity index (χ3v) is 3.04. The van der Waals surface area contributed by atoms with E-state index in [9.17, 15) is 10.1 Å². The van der Waals surface area contributed by atoms with E-state index in [0.717, 1.165) is 18.4 Å². The van der Waals surface area contributed by atoms with Crippen LogP contribution in [0.1, 0.15) is 24.8 Å². The number of nitro groups is 1. The van der Waals surface area contributed by atoms with Crippen molar-refractivity contribution in [1.29, 1.82) is 0 Å². The first kappa shape index (κ1) is 10.9. The van der Waals surface area contributed by atoms with Crippen molar-refractivity contribution in [3.8, 4) is 0 Å². The van der Waals surface area contributed by atoms with Crippen molar-refractivity contribution in [2.24, 2.45) is 5.92 Å². The second-order valence-electron chi connectivity index (χ2n) is 4.27. The van der Waals surface area contributed by atoms with Gasteiger partial charge in [0.25, 0.3) is 0 Å². The van der Waals surface area contributed by atoms with Gasteiger partial charge in [-0.15, -0.1) is 0 Å². The van der Waals surface area contributed by atoms with Crippen molar-refractivity contribution in [2.75, 3.05) is 0 Å². The van der Waals surface area contributed by atoms with E-state index in [0.29, 0.717) is 18.0 Å². The standard InChI is InChI=1S/C13H15NO2/c15-14(16)13(10-12-7-4-8-12)9-11-5-2-1-3-6-11/h1-3,5-6,10,12H,4,7-9H2. The molecule has 1 fully saturated rings. The molecule has 0 heterocycles. The molecule has 0 aliphatic heterocycles. The summed E-state index contributed by atoms with van der Waals surface area (Å²) >= 11 is 0. The third kappa shape index (κ3) is 2.69. The largest absolute Gasteiger partial charge is 0.259 e. The predicted octanol–water partition coefficient (Wildman–Crippen LogP) is 3.19. The molecule has 2 rings (SSSR count). The SMILES string of the molecule is O=[N+]([O-])C(=CC1CCC1)Cc1ccccc1. The fourth-order valence-corrected chi connectivity index (χ4v) is 1.87. The maximum atomic E-state index is 10.9. The highest BCUT2D eigenvalue weighted by Gasteiger charge is 2.20. The zero-order valence-corrected chi connectivity index (χ0v) is 9.13. The lowest BCUT2D eigenvalue weighted by molar-refractivity contribution is -0.427. The second-order valence-corrected chi connectivity index (χ2v) is 4.27. The minimum absolute atomic E-state index is 0.245. The average Bonchev–Trinajstić information content (AvgIpc) is 2.22. The van der Waals surface area contributed by atoms with Crippen LogP contribution < -0.4 is 0 Å². The molecule has 84 valence electrons. The molecule has 0 spiro atoms. The first-order valence-electron chi connectivity index (χ1n) is 5.65. The van der Waals surface area contributed by atoms with Crippen LogP contribution in [-0.4, -0.2) is 4.92 Å². The number of hydrogen-bond acceptors (Lipinski definition) is 2. The molecule has 0 radical (unpaired) electrons. The van der Waals surface area contributed by atoms with Gasteiger partial charge in [0.1, 0.15) is 0 Å². The smallest absolute Gasteiger partial charge is 0.246 e. The second kappa shape index (κ2) is 4.92. The molecule has 1 aliphatic rings. The van der Waals surface area contributed by atoms with Crippen LogP contribution in [-0.2, 0) is 6.42 Å². The van der Waals surface area contributed by atoms with Crippen molar-refractivity contribution >= 4 is 0 Å². The number of nitrogens with zero attached hydrogens (tertiary/aromatic N) is 1. The van der Waals surface area contributed by atoms with E-state index in [4.69, 9.17) is 0 Å². The average molecular weight is 217 g/mol. The third-order valence-electron chi connectivity index (χ3n) is 3.04. The Morgan fingerprint density at radius 3 is 2.56 bits per heavy atom. The molecule has 0 aromatic heterocycles. The van der Waals surface area contributed by atoms with Crippen LogP contribution in [0.2, 0.25) is 0 Å². The van der Waals surface area contributed by atoms with Crippen LogP contribution in [0.4, 0.5) is 0 Å². The summed E-state index contributed by atoms with van der Waals surface area (Å²) in [4.78, 5) is 10.7. The van der Waals surface area contributed by atoms with Crippen LogP contribution in [0.3, 0.4) is 0 Å². The molecule has 1 aliphatic carbocycles. The van der Waals surface area contributed by atoms with Crippen LogP contribution >= 0.6 is 0 Å². The Hall–Kier alpha value is -1.64. The monoisotopic (exact) mass is 217 g/mol. The van der Waals surface area contributed by atoms with Gasteiger partial charge in [-0.25, -0.2) is 0 Å². The van der Waals surface area contributed by atoms with Crippen LogP contribution in [0.15, 0.2) is 42.1 Å². The molecule has 0 N–H and O–H groups in total. The molecular weight excluding hydrogens is 202 g/mol. The minimum atomic E-state index is -0.245. The molecular formula is C13H15NO2. The Bertz CT molecular complexity index is 394. The summed E-state index contributed by atoms with van der Waals surface area (Å²) in [6.45, 7) is 0. The fourth-order valence-electron chi connectivity index (χ4n) is 1.87. The molecule has 1 aromatic rings. The van der Waals surface area contributed by atoms with E-state index in [1.807, 2.05) is 36.4 Å². The highest BCUT2D eigenvalue weighted by atomic mass is 16.6. The summed E-state index contributed by atoms with van der Waals surface area (Å²) in [5.41, 5.74) is 1.35. The van der Waals surface area contributed by atoms with Gasteiger partial charge < -0.3 is 0 Å². The molecule has 3 nitrogen and oxygen atoms in total. The first-order valence-corrected chi connectivity index (χ1v) is 5.65. The van der Waals surface area contributed by atoms with Gasteiger partial charge in [0.15, 0.2) is 0 Å². The van der Waals surface area contributed by atoms with E-state index in [2.05, 4.69) is 0 Å². The van der Waals surface area contributed by atoms with Gasteiger partial charge in [0, 0.05) is 0 Å². The topological polar surface area (TPSA) is 43.1 Å². The fraction of sp³-hybridized carbons (Fsp3) is 0.385. The minimum Gasteiger partial charge on any atom is -0.259 e. The van der Waals surface area contributed by atoms with Crippen molar-refractivity contribution < 1.29 is 4.92 Å². The molecule has 1 saturated carbocycles. The maximum Gasteiger partial charge on any atom is 0.246 e. The van der Waals surface area contributed by atoms with Gasteiger partial charge in [-0.2, -0.15) is 0 Å². The molecule has 1 aromatic carbocycles. The Morgan fingerprint density at radius 2 is 2.06 bits per heavy atom. The van der Waals surface area contributed by atoms with E-state index in [-0.39, 0.29) is 4.92 Å². The highest BCUT2D eigenvalue weighted by molar-refractivity contribution is 5.19. The van der Waals surface area contributed by atoms with Crippen LogP contribution in [0.25, 0.3) is 0 Å². The van der Waals surface area contributed by atoms with Crippen molar-refractivity contribution in [2.45, 2.75) is 25.7 Å². The quantitative estimate of drug-likeness (QED) is 0.574. The van der Waals surface area contributed by atoms with Crippen LogP contribution in [0.5, 0.6) is 0 Å². The van der Waals surface area contributed by atoms with E-state index in [1.54, 1.807) is 0 Å². The summed E-state index contributed by atoms with van der Waals surface area (Å²) in [5, 5.41) is 10.9. The molecule has 0 amide bonds. The molecule has 0 bridgehead atoms. The van der Waals surface area contributed by atoms with Gasteiger partial charge in [0.05, 0.1) is 11.3 Å². The van der Waals surface area contributed by atoms with Gasteiger partial charge in [0.2, 0.25) is 5.70 Å². The van der Waals surface area contributed by atoms with E-state index < -0.39 is 0 Å². The van der Waals surface area contributed by atoms with Crippen molar-refractivity contribution in [3.63, 3.8) is 0 Å². The van der Waals surface area contributed by atoms with E-state index >= 15 is 0 Å². The number of benzene rings is 1. The molecule has 16 heavy (non-hydrogen) atoms. The van der Waals surface area contributed by atoms with Crippen molar-refractivity contribution in [3.05, 3.63) is 57.8 Å². The zero-order chi connectivity index (χ0) is 11.4. The molecule has 0 atom stereocenters. The Labute approximate surface area is 94.9 Å². The summed E-state index contributed by atoms with van der Waals surface area (Å²) in [6.07, 6.45) is 5.69. The Kier molecular flexibility index (Phi) is 3.34. The van der Waals surface area contributed by atoms with Gasteiger partial charge >= 0.3 is 0 Å². The lowest BCUT2D eigenvalue weighted by Gasteiger charge is -2.21.